The first-order valence-electron chi connectivity index (χ1n) is 9.82. The van der Waals surface area contributed by atoms with Gasteiger partial charge in [-0.05, 0) is 42.8 Å². The fourth-order valence-corrected chi connectivity index (χ4v) is 4.23. The van der Waals surface area contributed by atoms with Crippen LogP contribution in [-0.4, -0.2) is 40.1 Å². The molecular weight excluding hydrogens is 434 g/mol. The predicted molar refractivity (Wildman–Crippen MR) is 116 cm³/mol. The van der Waals surface area contributed by atoms with Gasteiger partial charge in [-0.1, -0.05) is 30.3 Å². The Labute approximate surface area is 186 Å². The van der Waals surface area contributed by atoms with Crippen molar-refractivity contribution in [3.63, 3.8) is 0 Å². The van der Waals surface area contributed by atoms with Gasteiger partial charge in [0.05, 0.1) is 23.5 Å². The van der Waals surface area contributed by atoms with Crippen LogP contribution in [0.15, 0.2) is 76.2 Å². The first-order chi connectivity index (χ1) is 15.3. The van der Waals surface area contributed by atoms with Crippen LogP contribution in [-0.2, 0) is 25.1 Å². The molecule has 1 heterocycles. The Bertz CT molecular complexity index is 1170. The number of aryl methyl sites for hydroxylation is 1. The number of rotatable bonds is 10. The monoisotopic (exact) mass is 457 g/mol. The number of nitrogens with one attached hydrogen (secondary N) is 1. The molecule has 0 aliphatic carbocycles. The van der Waals surface area contributed by atoms with Crippen molar-refractivity contribution in [2.75, 3.05) is 19.8 Å². The fraction of sp³-hybridized carbons (Fsp3) is 0.217. The highest BCUT2D eigenvalue weighted by atomic mass is 32.2. The Morgan fingerprint density at radius 2 is 1.81 bits per heavy atom. The fourth-order valence-electron chi connectivity index (χ4n) is 2.86. The minimum Gasteiger partial charge on any atom is -0.492 e. The van der Waals surface area contributed by atoms with E-state index in [2.05, 4.69) is 5.32 Å². The lowest BCUT2D eigenvalue weighted by Gasteiger charge is -2.09. The van der Waals surface area contributed by atoms with Gasteiger partial charge in [0.25, 0.3) is 5.91 Å². The van der Waals surface area contributed by atoms with E-state index in [9.17, 15) is 18.0 Å². The number of esters is 1. The molecule has 3 rings (SSSR count). The maximum Gasteiger partial charge on any atom is 0.375 e. The largest absolute Gasteiger partial charge is 0.492 e. The summed E-state index contributed by atoms with van der Waals surface area (Å²) in [6.45, 7) is 1.90. The number of sulfone groups is 1. The van der Waals surface area contributed by atoms with Gasteiger partial charge in [-0.25, -0.2) is 13.2 Å². The van der Waals surface area contributed by atoms with E-state index in [1.54, 1.807) is 18.2 Å². The molecule has 0 fully saturated rings. The Morgan fingerprint density at radius 1 is 1.03 bits per heavy atom. The molecule has 1 N–H and O–H groups in total. The molecule has 0 aliphatic heterocycles. The molecular formula is C23H23NO7S. The second kappa shape index (κ2) is 10.6. The maximum absolute atomic E-state index is 12.5. The molecule has 0 saturated carbocycles. The minimum atomic E-state index is -3.67. The third-order valence-corrected chi connectivity index (χ3v) is 6.08. The van der Waals surface area contributed by atoms with Crippen molar-refractivity contribution in [3.8, 4) is 5.75 Å². The molecule has 2 aromatic carbocycles. The van der Waals surface area contributed by atoms with E-state index in [-0.39, 0.29) is 29.4 Å². The normalized spacial score (nSPS) is 11.0. The third kappa shape index (κ3) is 6.45. The smallest absolute Gasteiger partial charge is 0.375 e. The van der Waals surface area contributed by atoms with E-state index >= 15 is 0 Å². The summed E-state index contributed by atoms with van der Waals surface area (Å²) >= 11 is 0. The zero-order valence-corrected chi connectivity index (χ0v) is 18.3. The van der Waals surface area contributed by atoms with Crippen LogP contribution in [0.25, 0.3) is 0 Å². The van der Waals surface area contributed by atoms with Crippen molar-refractivity contribution in [1.29, 1.82) is 0 Å². The predicted octanol–water partition coefficient (Wildman–Crippen LogP) is 2.91. The third-order valence-electron chi connectivity index (χ3n) is 4.40. The van der Waals surface area contributed by atoms with Crippen LogP contribution in [0.5, 0.6) is 5.75 Å². The van der Waals surface area contributed by atoms with Crippen LogP contribution >= 0.6 is 0 Å². The van der Waals surface area contributed by atoms with Crippen molar-refractivity contribution < 1.29 is 31.9 Å². The highest BCUT2D eigenvalue weighted by molar-refractivity contribution is 7.90. The summed E-state index contributed by atoms with van der Waals surface area (Å²) in [5.41, 5.74) is 1.22. The second-order valence-electron chi connectivity index (χ2n) is 6.94. The molecule has 32 heavy (non-hydrogen) atoms. The van der Waals surface area contributed by atoms with Gasteiger partial charge in [0.2, 0.25) is 5.76 Å². The maximum atomic E-state index is 12.5. The zero-order valence-electron chi connectivity index (χ0n) is 17.4. The SMILES string of the molecule is Cc1cccc(OCCNC(=O)COC(=O)c2occc2CS(=O)(=O)c2ccccc2)c1. The van der Waals surface area contributed by atoms with E-state index in [1.807, 2.05) is 31.2 Å². The highest BCUT2D eigenvalue weighted by Gasteiger charge is 2.23. The van der Waals surface area contributed by atoms with E-state index in [4.69, 9.17) is 13.9 Å². The van der Waals surface area contributed by atoms with Gasteiger partial charge in [0, 0.05) is 5.56 Å². The molecule has 0 bridgehead atoms. The van der Waals surface area contributed by atoms with Crippen LogP contribution in [0.2, 0.25) is 0 Å². The molecule has 0 spiro atoms. The van der Waals surface area contributed by atoms with E-state index in [0.717, 1.165) is 5.56 Å². The summed E-state index contributed by atoms with van der Waals surface area (Å²) in [6, 6.07) is 16.8. The Kier molecular flexibility index (Phi) is 7.67. The van der Waals surface area contributed by atoms with Crippen molar-refractivity contribution in [1.82, 2.24) is 5.32 Å². The zero-order chi connectivity index (χ0) is 23.0. The number of amides is 1. The molecule has 0 radical (unpaired) electrons. The molecule has 9 heteroatoms. The molecule has 0 saturated heterocycles. The summed E-state index contributed by atoms with van der Waals surface area (Å²) in [4.78, 5) is 24.3. The number of hydrogen-bond acceptors (Lipinski definition) is 7. The van der Waals surface area contributed by atoms with Crippen molar-refractivity contribution in [2.45, 2.75) is 17.6 Å². The Hall–Kier alpha value is -3.59. The van der Waals surface area contributed by atoms with Gasteiger partial charge >= 0.3 is 5.97 Å². The minimum absolute atomic E-state index is 0.132. The summed E-state index contributed by atoms with van der Waals surface area (Å²) in [5, 5.41) is 2.57. The van der Waals surface area contributed by atoms with Gasteiger partial charge in [-0.15, -0.1) is 0 Å². The molecule has 3 aromatic rings. The topological polar surface area (TPSA) is 112 Å². The first kappa shape index (κ1) is 23.1. The first-order valence-corrected chi connectivity index (χ1v) is 11.5. The quantitative estimate of drug-likeness (QED) is 0.368. The van der Waals surface area contributed by atoms with Gasteiger partial charge in [-0.3, -0.25) is 4.79 Å². The molecule has 1 amide bonds. The summed E-state index contributed by atoms with van der Waals surface area (Å²) < 4.78 is 40.7. The highest BCUT2D eigenvalue weighted by Crippen LogP contribution is 2.20. The Morgan fingerprint density at radius 3 is 2.56 bits per heavy atom. The average molecular weight is 458 g/mol. The van der Waals surface area contributed by atoms with Crippen molar-refractivity contribution >= 4 is 21.7 Å². The number of carbonyl (C=O) groups is 2. The van der Waals surface area contributed by atoms with E-state index < -0.39 is 34.1 Å². The molecule has 0 aliphatic rings. The summed E-state index contributed by atoms with van der Waals surface area (Å²) in [6.07, 6.45) is 1.20. The van der Waals surface area contributed by atoms with E-state index in [0.29, 0.717) is 5.75 Å². The number of benzene rings is 2. The van der Waals surface area contributed by atoms with Crippen molar-refractivity contribution in [2.24, 2.45) is 0 Å². The molecule has 1 aromatic heterocycles. The van der Waals surface area contributed by atoms with Crippen LogP contribution in [0.4, 0.5) is 0 Å². The molecule has 8 nitrogen and oxygen atoms in total. The Balaban J connectivity index is 1.46. The van der Waals surface area contributed by atoms with Gasteiger partial charge in [0.15, 0.2) is 16.4 Å². The number of furan rings is 1. The molecule has 168 valence electrons. The van der Waals surface area contributed by atoms with Crippen LogP contribution in [0, 0.1) is 6.92 Å². The van der Waals surface area contributed by atoms with Gasteiger partial charge < -0.3 is 19.2 Å². The lowest BCUT2D eigenvalue weighted by Crippen LogP contribution is -2.32. The summed E-state index contributed by atoms with van der Waals surface area (Å²) in [5.74, 6) is -1.42. The van der Waals surface area contributed by atoms with E-state index in [1.165, 1.54) is 24.5 Å². The van der Waals surface area contributed by atoms with Crippen LogP contribution in [0.1, 0.15) is 21.7 Å². The number of hydrogen-bond donors (Lipinski definition) is 1. The standard InChI is InChI=1S/C23H23NO7S/c1-17-6-5-7-19(14-17)29-13-11-24-21(25)15-31-23(26)22-18(10-12-30-22)16-32(27,28)20-8-3-2-4-9-20/h2-10,12,14H,11,13,15-16H2,1H3,(H,24,25). The number of carbonyl (C=O) groups excluding carboxylic acids is 2. The molecule has 0 unspecified atom stereocenters. The summed E-state index contributed by atoms with van der Waals surface area (Å²) in [7, 11) is -3.67. The van der Waals surface area contributed by atoms with Crippen LogP contribution < -0.4 is 10.1 Å². The average Bonchev–Trinajstić information content (AvgIpc) is 3.23. The number of ether oxygens (including phenoxy) is 2. The lowest BCUT2D eigenvalue weighted by molar-refractivity contribution is -0.124. The lowest BCUT2D eigenvalue weighted by atomic mass is 10.2. The second-order valence-corrected chi connectivity index (χ2v) is 8.93. The van der Waals surface area contributed by atoms with Crippen LogP contribution in [0.3, 0.4) is 0 Å². The molecule has 0 atom stereocenters. The van der Waals surface area contributed by atoms with Crippen molar-refractivity contribution in [3.05, 3.63) is 83.8 Å². The van der Waals surface area contributed by atoms with Gasteiger partial charge in [0.1, 0.15) is 12.4 Å². The van der Waals surface area contributed by atoms with Gasteiger partial charge in [-0.2, -0.15) is 0 Å².